The Morgan fingerprint density at radius 2 is 1.93 bits per heavy atom. The van der Waals surface area contributed by atoms with Gasteiger partial charge >= 0.3 is 12.1 Å². The molecule has 40 heavy (non-hydrogen) atoms. The number of nitrogens with two attached hydrogens (primary N) is 1. The number of benzene rings is 1. The van der Waals surface area contributed by atoms with Crippen LogP contribution in [0, 0.1) is 5.82 Å². The lowest BCUT2D eigenvalue weighted by Crippen LogP contribution is -2.60. The van der Waals surface area contributed by atoms with Crippen molar-refractivity contribution in [3.63, 3.8) is 0 Å². The standard InChI is InChI=1S/C21H23ClFN7O2S.C2HF3O2/c1-21(12-33(31)27-6-2-3-7-30(33)20(24)28-21)15-8-13(4-5-16(15)23)18-9-17(29-32-18)19-25-10-14(22)11-26-19;3-2(4,5)1(6)7/h4-5,8-11,33H,2-3,6-7,12H2,1H3,(H2,24,28)(H,27,31);(H,6,7)/t21-;/m0./s1. The number of nitrogens with one attached hydrogen (secondary N) is 1. The third-order valence-electron chi connectivity index (χ3n) is 6.13. The quantitative estimate of drug-likeness (QED) is 0.261. The van der Waals surface area contributed by atoms with Crippen LogP contribution in [-0.2, 0) is 20.6 Å². The van der Waals surface area contributed by atoms with Gasteiger partial charge in [0.15, 0.2) is 17.3 Å². The third kappa shape index (κ3) is 6.23. The van der Waals surface area contributed by atoms with Crippen LogP contribution in [0.25, 0.3) is 22.8 Å². The van der Waals surface area contributed by atoms with Gasteiger partial charge in [-0.2, -0.15) is 13.2 Å². The number of hydrogen-bond donors (Lipinski definition) is 4. The van der Waals surface area contributed by atoms with E-state index in [1.807, 2.05) is 0 Å². The van der Waals surface area contributed by atoms with Crippen LogP contribution in [-0.4, -0.2) is 65.7 Å². The zero-order valence-corrected chi connectivity index (χ0v) is 22.5. The number of fused-ring (bicyclic) bond motifs is 1. The van der Waals surface area contributed by atoms with Crippen LogP contribution < -0.4 is 10.5 Å². The van der Waals surface area contributed by atoms with E-state index in [1.165, 1.54) is 18.5 Å². The number of carboxylic acids is 1. The van der Waals surface area contributed by atoms with Crippen LogP contribution in [0.3, 0.4) is 0 Å². The average molecular weight is 606 g/mol. The maximum absolute atomic E-state index is 15.1. The zero-order chi connectivity index (χ0) is 29.3. The lowest BCUT2D eigenvalue weighted by Gasteiger charge is -2.45. The van der Waals surface area contributed by atoms with Gasteiger partial charge in [-0.15, -0.1) is 0 Å². The van der Waals surface area contributed by atoms with Crippen LogP contribution in [0.5, 0.6) is 0 Å². The van der Waals surface area contributed by atoms with Crippen LogP contribution in [0.2, 0.25) is 5.02 Å². The molecular weight excluding hydrogens is 582 g/mol. The van der Waals surface area contributed by atoms with Crippen molar-refractivity contribution in [2.24, 2.45) is 10.7 Å². The monoisotopic (exact) mass is 605 g/mol. The largest absolute Gasteiger partial charge is 0.490 e. The molecule has 0 bridgehead atoms. The Bertz CT molecular complexity index is 1480. The molecule has 1 aromatic carbocycles. The molecule has 1 atom stereocenters. The molecule has 5 rings (SSSR count). The van der Waals surface area contributed by atoms with Gasteiger partial charge in [-0.25, -0.2) is 28.9 Å². The highest BCUT2D eigenvalue weighted by Crippen LogP contribution is 2.38. The lowest BCUT2D eigenvalue weighted by molar-refractivity contribution is -0.192. The first-order chi connectivity index (χ1) is 18.7. The maximum Gasteiger partial charge on any atom is 0.490 e. The Morgan fingerprint density at radius 3 is 2.58 bits per heavy atom. The highest BCUT2D eigenvalue weighted by atomic mass is 35.5. The maximum atomic E-state index is 15.1. The topological polar surface area (TPSA) is 160 Å². The van der Waals surface area contributed by atoms with E-state index in [-0.39, 0.29) is 17.3 Å². The zero-order valence-electron chi connectivity index (χ0n) is 20.8. The van der Waals surface area contributed by atoms with Crippen LogP contribution in [0.15, 0.2) is 46.2 Å². The fourth-order valence-corrected chi connectivity index (χ4v) is 7.24. The summed E-state index contributed by atoms with van der Waals surface area (Å²) in [4.78, 5) is 21.8. The van der Waals surface area contributed by atoms with Crippen LogP contribution in [0.4, 0.5) is 17.6 Å². The van der Waals surface area contributed by atoms with E-state index in [4.69, 9.17) is 31.8 Å². The number of carbonyl (C=O) groups is 1. The lowest BCUT2D eigenvalue weighted by atomic mass is 9.92. The highest BCUT2D eigenvalue weighted by Gasteiger charge is 2.43. The summed E-state index contributed by atoms with van der Waals surface area (Å²) in [7, 11) is -3.05. The Morgan fingerprint density at radius 1 is 1.25 bits per heavy atom. The van der Waals surface area contributed by atoms with Crippen molar-refractivity contribution < 1.29 is 36.2 Å². The smallest absolute Gasteiger partial charge is 0.475 e. The number of halogens is 5. The number of carboxylic acid groups (broad SMARTS) is 1. The van der Waals surface area contributed by atoms with Crippen molar-refractivity contribution in [3.05, 3.63) is 53.1 Å². The van der Waals surface area contributed by atoms with Gasteiger partial charge in [-0.05, 0) is 38.0 Å². The second-order valence-electron chi connectivity index (χ2n) is 9.14. The summed E-state index contributed by atoms with van der Waals surface area (Å²) in [6.45, 7) is 2.93. The van der Waals surface area contributed by atoms with E-state index in [0.717, 1.165) is 12.8 Å². The van der Waals surface area contributed by atoms with Gasteiger partial charge in [0.1, 0.15) is 11.4 Å². The summed E-state index contributed by atoms with van der Waals surface area (Å²) in [5, 5.41) is 11.6. The summed E-state index contributed by atoms with van der Waals surface area (Å²) in [5.74, 6) is -2.18. The van der Waals surface area contributed by atoms with Gasteiger partial charge in [-0.1, -0.05) is 16.8 Å². The molecule has 2 aliphatic rings. The van der Waals surface area contributed by atoms with Crippen LogP contribution >= 0.6 is 11.6 Å². The van der Waals surface area contributed by atoms with Crippen molar-refractivity contribution in [1.82, 2.24) is 24.2 Å². The number of aliphatic carboxylic acids is 1. The number of thiol groups is 1. The van der Waals surface area contributed by atoms with Crippen molar-refractivity contribution in [3.8, 4) is 22.8 Å². The number of guanidine groups is 1. The first kappa shape index (κ1) is 29.4. The van der Waals surface area contributed by atoms with Gasteiger partial charge in [0.2, 0.25) is 5.96 Å². The minimum Gasteiger partial charge on any atom is -0.475 e. The normalized spacial score (nSPS) is 21.2. The predicted octanol–water partition coefficient (Wildman–Crippen LogP) is 3.30. The Balaban J connectivity index is 0.000000470. The molecule has 0 saturated carbocycles. The van der Waals surface area contributed by atoms with Crippen LogP contribution in [0.1, 0.15) is 25.3 Å². The summed E-state index contributed by atoms with van der Waals surface area (Å²) >= 11 is 5.84. The minimum atomic E-state index is -5.08. The molecule has 3 aromatic rings. The van der Waals surface area contributed by atoms with Gasteiger partial charge in [-0.3, -0.25) is 8.51 Å². The molecule has 4 N–H and O–H groups in total. The molecule has 1 fully saturated rings. The van der Waals surface area contributed by atoms with E-state index in [0.29, 0.717) is 41.0 Å². The summed E-state index contributed by atoms with van der Waals surface area (Å²) < 4.78 is 70.8. The molecule has 1 saturated heterocycles. The third-order valence-corrected chi connectivity index (χ3v) is 9.27. The molecule has 0 unspecified atom stereocenters. The van der Waals surface area contributed by atoms with E-state index in [9.17, 15) is 17.4 Å². The van der Waals surface area contributed by atoms with Gasteiger partial charge in [0, 0.05) is 53.0 Å². The van der Waals surface area contributed by atoms with Crippen molar-refractivity contribution in [1.29, 1.82) is 0 Å². The molecule has 0 amide bonds. The number of aliphatic imine (C=N–C) groups is 1. The molecule has 2 aliphatic heterocycles. The fraction of sp³-hybridized carbons (Fsp3) is 0.348. The first-order valence-electron chi connectivity index (χ1n) is 11.7. The molecule has 216 valence electrons. The first-order valence-corrected chi connectivity index (χ1v) is 14.0. The molecule has 0 aliphatic carbocycles. The number of aromatic nitrogens is 3. The second-order valence-corrected chi connectivity index (χ2v) is 12.1. The molecular formula is C23H24ClF4N7O4S. The number of rotatable bonds is 3. The van der Waals surface area contributed by atoms with Gasteiger partial charge in [0.25, 0.3) is 0 Å². The van der Waals surface area contributed by atoms with Gasteiger partial charge < -0.3 is 15.4 Å². The molecule has 0 spiro atoms. The number of alkyl halides is 3. The van der Waals surface area contributed by atoms with E-state index >= 15 is 4.39 Å². The molecule has 2 aromatic heterocycles. The van der Waals surface area contributed by atoms with E-state index in [2.05, 4.69) is 24.8 Å². The predicted molar refractivity (Wildman–Crippen MR) is 139 cm³/mol. The number of nitrogens with zero attached hydrogens (tertiary/aromatic N) is 5. The summed E-state index contributed by atoms with van der Waals surface area (Å²) in [6.07, 6.45) is -0.404. The average Bonchev–Trinajstić information content (AvgIpc) is 3.27. The Labute approximate surface area is 231 Å². The minimum absolute atomic E-state index is 0.126. The van der Waals surface area contributed by atoms with E-state index < -0.39 is 33.8 Å². The van der Waals surface area contributed by atoms with Gasteiger partial charge in [0.05, 0.1) is 10.8 Å². The fourth-order valence-electron chi connectivity index (χ4n) is 4.27. The molecule has 11 nitrogen and oxygen atoms in total. The Hall–Kier alpha value is -3.63. The molecule has 17 heteroatoms. The van der Waals surface area contributed by atoms with E-state index in [1.54, 1.807) is 29.4 Å². The molecule has 4 heterocycles. The van der Waals surface area contributed by atoms with Crippen molar-refractivity contribution >= 4 is 33.8 Å². The van der Waals surface area contributed by atoms with Crippen molar-refractivity contribution in [2.45, 2.75) is 31.5 Å². The summed E-state index contributed by atoms with van der Waals surface area (Å²) in [6, 6.07) is 6.23. The SMILES string of the molecule is C[C@@]1(c2cc(-c3cc(-c4ncc(Cl)cn4)no3)ccc2F)C[SH]2(=O)NCCCCN2C(N)=N1.O=C(O)C(F)(F)F. The second kappa shape index (κ2) is 11.1. The van der Waals surface area contributed by atoms with Crippen molar-refractivity contribution in [2.75, 3.05) is 18.8 Å². The molecule has 0 radical (unpaired) electrons. The number of hydrogen-bond acceptors (Lipinski definition) is 8. The summed E-state index contributed by atoms with van der Waals surface area (Å²) in [5.41, 5.74) is 6.40. The highest BCUT2D eigenvalue weighted by molar-refractivity contribution is 7.99. The Kier molecular flexibility index (Phi) is 8.14.